The van der Waals surface area contributed by atoms with E-state index < -0.39 is 5.60 Å². The summed E-state index contributed by atoms with van der Waals surface area (Å²) in [6.07, 6.45) is 1.70. The Morgan fingerprint density at radius 1 is 1.45 bits per heavy atom. The number of benzene rings is 1. The van der Waals surface area contributed by atoms with Crippen LogP contribution in [0, 0.1) is 5.92 Å². The third kappa shape index (κ3) is 4.62. The fourth-order valence-electron chi connectivity index (χ4n) is 2.78. The van der Waals surface area contributed by atoms with E-state index in [1.165, 1.54) is 0 Å². The first-order valence-electron chi connectivity index (χ1n) is 7.75. The predicted octanol–water partition coefficient (Wildman–Crippen LogP) is 3.99. The highest BCUT2D eigenvalue weighted by Crippen LogP contribution is 2.29. The second-order valence-electron chi connectivity index (χ2n) is 6.91. The molecule has 0 aliphatic carbocycles. The van der Waals surface area contributed by atoms with Gasteiger partial charge in [-0.1, -0.05) is 23.7 Å². The van der Waals surface area contributed by atoms with E-state index in [9.17, 15) is 4.79 Å². The molecule has 0 saturated carbocycles. The van der Waals surface area contributed by atoms with Gasteiger partial charge in [0.05, 0.1) is 0 Å². The van der Waals surface area contributed by atoms with Crippen LogP contribution in [0.2, 0.25) is 5.02 Å². The SMILES string of the molecule is CC(C)(C)OC(=O)N1CCCC(C(N)c2cccc(Cl)c2)C1. The summed E-state index contributed by atoms with van der Waals surface area (Å²) in [6.45, 7) is 6.99. The minimum Gasteiger partial charge on any atom is -0.444 e. The molecule has 2 atom stereocenters. The minimum atomic E-state index is -0.473. The fourth-order valence-corrected chi connectivity index (χ4v) is 2.98. The van der Waals surface area contributed by atoms with Crippen LogP contribution < -0.4 is 5.73 Å². The maximum atomic E-state index is 12.2. The van der Waals surface area contributed by atoms with Gasteiger partial charge in [0.2, 0.25) is 0 Å². The second kappa shape index (κ2) is 6.88. The Bertz CT molecular complexity index is 528. The second-order valence-corrected chi connectivity index (χ2v) is 7.35. The molecule has 0 spiro atoms. The standard InChI is InChI=1S/C17H25ClN2O2/c1-17(2,3)22-16(21)20-9-5-7-13(11-20)15(19)12-6-4-8-14(18)10-12/h4,6,8,10,13,15H,5,7,9,11,19H2,1-3H3. The lowest BCUT2D eigenvalue weighted by atomic mass is 9.87. The molecule has 0 aromatic heterocycles. The zero-order valence-corrected chi connectivity index (χ0v) is 14.3. The van der Waals surface area contributed by atoms with Gasteiger partial charge in [-0.3, -0.25) is 0 Å². The number of hydrogen-bond acceptors (Lipinski definition) is 3. The molecule has 1 aromatic rings. The first kappa shape index (κ1) is 17.1. The molecule has 1 saturated heterocycles. The van der Waals surface area contributed by atoms with Crippen LogP contribution >= 0.6 is 11.6 Å². The fraction of sp³-hybridized carbons (Fsp3) is 0.588. The zero-order valence-electron chi connectivity index (χ0n) is 13.5. The molecule has 1 fully saturated rings. The number of hydrogen-bond donors (Lipinski definition) is 1. The van der Waals surface area contributed by atoms with E-state index in [2.05, 4.69) is 0 Å². The number of carbonyl (C=O) groups is 1. The largest absolute Gasteiger partial charge is 0.444 e. The number of piperidine rings is 1. The summed E-state index contributed by atoms with van der Waals surface area (Å²) in [4.78, 5) is 14.0. The van der Waals surface area contributed by atoms with Gasteiger partial charge in [0, 0.05) is 24.2 Å². The van der Waals surface area contributed by atoms with E-state index in [1.807, 2.05) is 45.0 Å². The number of carbonyl (C=O) groups excluding carboxylic acids is 1. The maximum absolute atomic E-state index is 12.2. The van der Waals surface area contributed by atoms with Crippen molar-refractivity contribution in [3.05, 3.63) is 34.9 Å². The molecule has 0 bridgehead atoms. The molecule has 1 aromatic carbocycles. The van der Waals surface area contributed by atoms with Gasteiger partial charge in [0.1, 0.15) is 5.60 Å². The first-order valence-corrected chi connectivity index (χ1v) is 8.13. The topological polar surface area (TPSA) is 55.6 Å². The molecule has 22 heavy (non-hydrogen) atoms. The van der Waals surface area contributed by atoms with Crippen molar-refractivity contribution in [2.24, 2.45) is 11.7 Å². The molecule has 2 rings (SSSR count). The molecule has 122 valence electrons. The maximum Gasteiger partial charge on any atom is 0.410 e. The molecule has 2 unspecified atom stereocenters. The highest BCUT2D eigenvalue weighted by atomic mass is 35.5. The van der Waals surface area contributed by atoms with Crippen molar-refractivity contribution in [1.82, 2.24) is 4.90 Å². The molecule has 5 heteroatoms. The Balaban J connectivity index is 2.02. The van der Waals surface area contributed by atoms with Crippen LogP contribution in [0.15, 0.2) is 24.3 Å². The number of rotatable bonds is 2. The van der Waals surface area contributed by atoms with E-state index in [4.69, 9.17) is 22.1 Å². The van der Waals surface area contributed by atoms with Crippen molar-refractivity contribution in [3.63, 3.8) is 0 Å². The molecule has 2 N–H and O–H groups in total. The lowest BCUT2D eigenvalue weighted by Crippen LogP contribution is -2.45. The van der Waals surface area contributed by atoms with E-state index in [0.29, 0.717) is 11.6 Å². The van der Waals surface area contributed by atoms with Gasteiger partial charge < -0.3 is 15.4 Å². The van der Waals surface area contributed by atoms with E-state index in [0.717, 1.165) is 24.9 Å². The number of nitrogens with zero attached hydrogens (tertiary/aromatic N) is 1. The number of ether oxygens (including phenoxy) is 1. The first-order chi connectivity index (χ1) is 10.3. The van der Waals surface area contributed by atoms with E-state index in [1.54, 1.807) is 4.90 Å². The lowest BCUT2D eigenvalue weighted by Gasteiger charge is -2.36. The average Bonchev–Trinajstić information content (AvgIpc) is 2.45. The molecule has 0 radical (unpaired) electrons. The van der Waals surface area contributed by atoms with Crippen LogP contribution in [0.1, 0.15) is 45.2 Å². The van der Waals surface area contributed by atoms with E-state index in [-0.39, 0.29) is 18.1 Å². The Kier molecular flexibility index (Phi) is 5.35. The van der Waals surface area contributed by atoms with Crippen LogP contribution in [0.4, 0.5) is 4.79 Å². The van der Waals surface area contributed by atoms with Crippen molar-refractivity contribution in [3.8, 4) is 0 Å². The van der Waals surface area contributed by atoms with Crippen molar-refractivity contribution < 1.29 is 9.53 Å². The predicted molar refractivity (Wildman–Crippen MR) is 88.9 cm³/mol. The van der Waals surface area contributed by atoms with Crippen LogP contribution in [-0.2, 0) is 4.74 Å². The smallest absolute Gasteiger partial charge is 0.410 e. The molecular formula is C17H25ClN2O2. The van der Waals surface area contributed by atoms with Crippen LogP contribution in [0.25, 0.3) is 0 Å². The summed E-state index contributed by atoms with van der Waals surface area (Å²) in [7, 11) is 0. The molecule has 1 aliphatic rings. The van der Waals surface area contributed by atoms with E-state index >= 15 is 0 Å². The average molecular weight is 325 g/mol. The highest BCUT2D eigenvalue weighted by molar-refractivity contribution is 6.30. The van der Waals surface area contributed by atoms with Gasteiger partial charge in [-0.2, -0.15) is 0 Å². The summed E-state index contributed by atoms with van der Waals surface area (Å²) in [5, 5.41) is 0.688. The van der Waals surface area contributed by atoms with Gasteiger partial charge in [-0.05, 0) is 57.2 Å². The zero-order chi connectivity index (χ0) is 16.3. The van der Waals surface area contributed by atoms with Crippen LogP contribution in [-0.4, -0.2) is 29.7 Å². The minimum absolute atomic E-state index is 0.121. The monoisotopic (exact) mass is 324 g/mol. The number of halogens is 1. The summed E-state index contributed by atoms with van der Waals surface area (Å²) in [6, 6.07) is 7.52. The molecule has 1 aliphatic heterocycles. The summed E-state index contributed by atoms with van der Waals surface area (Å²) >= 11 is 6.04. The molecule has 1 amide bonds. The number of likely N-dealkylation sites (tertiary alicyclic amines) is 1. The number of amides is 1. The Hall–Kier alpha value is -1.26. The highest BCUT2D eigenvalue weighted by Gasteiger charge is 2.30. The molecular weight excluding hydrogens is 300 g/mol. The van der Waals surface area contributed by atoms with Crippen molar-refractivity contribution in [2.45, 2.75) is 45.3 Å². The normalized spacial score (nSPS) is 20.6. The van der Waals surface area contributed by atoms with Gasteiger partial charge in [-0.15, -0.1) is 0 Å². The summed E-state index contributed by atoms with van der Waals surface area (Å²) < 4.78 is 5.46. The molecule has 4 nitrogen and oxygen atoms in total. The van der Waals surface area contributed by atoms with Crippen LogP contribution in [0.5, 0.6) is 0 Å². The molecule has 1 heterocycles. The number of nitrogens with two attached hydrogens (primary N) is 1. The van der Waals surface area contributed by atoms with Crippen molar-refractivity contribution in [2.75, 3.05) is 13.1 Å². The summed E-state index contributed by atoms with van der Waals surface area (Å²) in [5.41, 5.74) is 6.93. The third-order valence-corrected chi connectivity index (χ3v) is 4.09. The lowest BCUT2D eigenvalue weighted by molar-refractivity contribution is 0.0152. The Morgan fingerprint density at radius 3 is 2.82 bits per heavy atom. The van der Waals surface area contributed by atoms with Crippen molar-refractivity contribution >= 4 is 17.7 Å². The third-order valence-electron chi connectivity index (χ3n) is 3.85. The van der Waals surface area contributed by atoms with Gasteiger partial charge in [0.25, 0.3) is 0 Å². The Morgan fingerprint density at radius 2 is 2.18 bits per heavy atom. The van der Waals surface area contributed by atoms with Crippen molar-refractivity contribution in [1.29, 1.82) is 0 Å². The van der Waals surface area contributed by atoms with Crippen LogP contribution in [0.3, 0.4) is 0 Å². The quantitative estimate of drug-likeness (QED) is 0.895. The van der Waals surface area contributed by atoms with Gasteiger partial charge in [0.15, 0.2) is 0 Å². The van der Waals surface area contributed by atoms with Gasteiger partial charge in [-0.25, -0.2) is 4.79 Å². The summed E-state index contributed by atoms with van der Waals surface area (Å²) in [5.74, 6) is 0.222. The van der Waals surface area contributed by atoms with Gasteiger partial charge >= 0.3 is 6.09 Å². The Labute approximate surface area is 137 Å².